The van der Waals surface area contributed by atoms with Crippen LogP contribution in [0.4, 0.5) is 5.82 Å². The number of nitrogens with zero attached hydrogens (tertiary/aromatic N) is 2. The van der Waals surface area contributed by atoms with E-state index in [-0.39, 0.29) is 5.91 Å². The number of fused-ring (bicyclic) bond motifs is 1. The molecule has 1 amide bonds. The van der Waals surface area contributed by atoms with Gasteiger partial charge in [-0.3, -0.25) is 9.69 Å². The first-order valence-electron chi connectivity index (χ1n) is 5.43. The highest BCUT2D eigenvalue weighted by Crippen LogP contribution is 2.31. The number of allylic oxidation sites excluding steroid dienone is 1. The van der Waals surface area contributed by atoms with Crippen molar-refractivity contribution in [2.24, 2.45) is 0 Å². The molecule has 0 fully saturated rings. The minimum absolute atomic E-state index is 0.0556. The predicted octanol–water partition coefficient (Wildman–Crippen LogP) is 2.54. The molecule has 0 spiro atoms. The minimum atomic E-state index is 0.0556. The second kappa shape index (κ2) is 5.31. The van der Waals surface area contributed by atoms with E-state index in [0.717, 1.165) is 0 Å². The van der Waals surface area contributed by atoms with Gasteiger partial charge in [-0.1, -0.05) is 6.08 Å². The zero-order valence-corrected chi connectivity index (χ0v) is 10.9. The summed E-state index contributed by atoms with van der Waals surface area (Å²) in [4.78, 5) is 18.0. The Hall–Kier alpha value is -1.36. The summed E-state index contributed by atoms with van der Waals surface area (Å²) < 4.78 is 6.16. The van der Waals surface area contributed by atoms with Gasteiger partial charge in [0.1, 0.15) is 11.2 Å². The van der Waals surface area contributed by atoms with E-state index in [2.05, 4.69) is 27.5 Å². The summed E-state index contributed by atoms with van der Waals surface area (Å²) in [5.41, 5.74) is 0. The lowest BCUT2D eigenvalue weighted by Gasteiger charge is -2.28. The van der Waals surface area contributed by atoms with Crippen molar-refractivity contribution in [3.05, 3.63) is 29.4 Å². The van der Waals surface area contributed by atoms with Gasteiger partial charge < -0.3 is 4.74 Å². The molecule has 1 aliphatic rings. The van der Waals surface area contributed by atoms with E-state index in [0.29, 0.717) is 42.2 Å². The van der Waals surface area contributed by atoms with Gasteiger partial charge in [0.25, 0.3) is 0 Å². The minimum Gasteiger partial charge on any atom is -0.488 e. The van der Waals surface area contributed by atoms with Crippen molar-refractivity contribution in [1.82, 2.24) is 4.98 Å². The van der Waals surface area contributed by atoms with E-state index >= 15 is 0 Å². The zero-order valence-electron chi connectivity index (χ0n) is 9.36. The summed E-state index contributed by atoms with van der Waals surface area (Å²) >= 11 is 3.30. The van der Waals surface area contributed by atoms with Crippen LogP contribution in [0.5, 0.6) is 5.75 Å². The molecule has 1 aliphatic heterocycles. The molecule has 5 heteroatoms. The molecular formula is C12H13BrN2O2. The quantitative estimate of drug-likeness (QED) is 0.636. The fourth-order valence-electron chi connectivity index (χ4n) is 1.67. The maximum Gasteiger partial charge on any atom is 0.228 e. The summed E-state index contributed by atoms with van der Waals surface area (Å²) in [6.07, 6.45) is 2.88. The van der Waals surface area contributed by atoms with E-state index in [1.165, 1.54) is 0 Å². The molecule has 0 N–H and O–H groups in total. The van der Waals surface area contributed by atoms with E-state index in [4.69, 9.17) is 4.74 Å². The lowest BCUT2D eigenvalue weighted by molar-refractivity contribution is -0.118. The summed E-state index contributed by atoms with van der Waals surface area (Å²) in [5, 5.41) is 0. The van der Waals surface area contributed by atoms with Crippen molar-refractivity contribution < 1.29 is 9.53 Å². The van der Waals surface area contributed by atoms with Crippen LogP contribution < -0.4 is 9.64 Å². The van der Waals surface area contributed by atoms with E-state index in [1.807, 2.05) is 6.07 Å². The highest BCUT2D eigenvalue weighted by atomic mass is 79.9. The molecule has 0 radical (unpaired) electrons. The van der Waals surface area contributed by atoms with Crippen molar-refractivity contribution in [3.8, 4) is 5.75 Å². The van der Waals surface area contributed by atoms with Gasteiger partial charge in [-0.25, -0.2) is 4.98 Å². The van der Waals surface area contributed by atoms with Gasteiger partial charge in [-0.15, -0.1) is 6.58 Å². The van der Waals surface area contributed by atoms with Gasteiger partial charge in [0.05, 0.1) is 6.54 Å². The van der Waals surface area contributed by atoms with Crippen LogP contribution in [0.25, 0.3) is 0 Å². The van der Waals surface area contributed by atoms with Crippen molar-refractivity contribution in [3.63, 3.8) is 0 Å². The standard InChI is InChI=1S/C12H13BrN2O2/c1-2-3-4-11(16)15-7-8-17-9-5-6-10(13)14-12(9)15/h2,5-6H,1,3-4,7-8H2. The molecule has 0 aliphatic carbocycles. The Kier molecular flexibility index (Phi) is 3.78. The smallest absolute Gasteiger partial charge is 0.228 e. The van der Waals surface area contributed by atoms with Crippen LogP contribution >= 0.6 is 15.9 Å². The molecule has 4 nitrogen and oxygen atoms in total. The van der Waals surface area contributed by atoms with Crippen LogP contribution in [-0.4, -0.2) is 24.0 Å². The summed E-state index contributed by atoms with van der Waals surface area (Å²) in [6, 6.07) is 3.62. The normalized spacial score (nSPS) is 13.8. The molecule has 0 bridgehead atoms. The first-order chi connectivity index (χ1) is 8.22. The SMILES string of the molecule is C=CCCC(=O)N1CCOc2ccc(Br)nc21. The molecule has 1 aromatic rings. The molecule has 2 heterocycles. The highest BCUT2D eigenvalue weighted by molar-refractivity contribution is 9.10. The highest BCUT2D eigenvalue weighted by Gasteiger charge is 2.24. The summed E-state index contributed by atoms with van der Waals surface area (Å²) in [6.45, 7) is 4.68. The number of carbonyl (C=O) groups is 1. The summed E-state index contributed by atoms with van der Waals surface area (Å²) in [5.74, 6) is 1.31. The van der Waals surface area contributed by atoms with Crippen molar-refractivity contribution in [2.75, 3.05) is 18.1 Å². The number of amides is 1. The first kappa shape index (κ1) is 12.1. The third-order valence-corrected chi connectivity index (χ3v) is 2.94. The number of pyridine rings is 1. The Morgan fingerprint density at radius 1 is 1.65 bits per heavy atom. The number of hydrogen-bond donors (Lipinski definition) is 0. The average molecular weight is 297 g/mol. The third kappa shape index (κ3) is 2.66. The first-order valence-corrected chi connectivity index (χ1v) is 6.22. The van der Waals surface area contributed by atoms with Crippen LogP contribution in [-0.2, 0) is 4.79 Å². The van der Waals surface area contributed by atoms with E-state index in [1.54, 1.807) is 17.0 Å². The number of hydrogen-bond acceptors (Lipinski definition) is 3. The molecule has 0 unspecified atom stereocenters. The average Bonchev–Trinajstić information content (AvgIpc) is 2.35. The molecule has 2 rings (SSSR count). The monoisotopic (exact) mass is 296 g/mol. The second-order valence-electron chi connectivity index (χ2n) is 3.68. The third-order valence-electron chi connectivity index (χ3n) is 2.50. The number of anilines is 1. The van der Waals surface area contributed by atoms with E-state index in [9.17, 15) is 4.79 Å². The molecule has 0 saturated carbocycles. The van der Waals surface area contributed by atoms with Crippen LogP contribution in [0.15, 0.2) is 29.4 Å². The van der Waals surface area contributed by atoms with Crippen LogP contribution in [0.1, 0.15) is 12.8 Å². The number of carbonyl (C=O) groups excluding carboxylic acids is 1. The van der Waals surface area contributed by atoms with Gasteiger partial charge in [0.15, 0.2) is 11.6 Å². The zero-order chi connectivity index (χ0) is 12.3. The van der Waals surface area contributed by atoms with Gasteiger partial charge in [-0.2, -0.15) is 0 Å². The molecule has 0 aromatic carbocycles. The fourth-order valence-corrected chi connectivity index (χ4v) is 1.97. The van der Waals surface area contributed by atoms with Crippen molar-refractivity contribution >= 4 is 27.7 Å². The maximum absolute atomic E-state index is 12.0. The largest absolute Gasteiger partial charge is 0.488 e. The maximum atomic E-state index is 12.0. The Morgan fingerprint density at radius 2 is 2.47 bits per heavy atom. The van der Waals surface area contributed by atoms with Gasteiger partial charge in [0, 0.05) is 6.42 Å². The number of halogens is 1. The number of ether oxygens (including phenoxy) is 1. The van der Waals surface area contributed by atoms with Gasteiger partial charge >= 0.3 is 0 Å². The van der Waals surface area contributed by atoms with E-state index < -0.39 is 0 Å². The fraction of sp³-hybridized carbons (Fsp3) is 0.333. The van der Waals surface area contributed by atoms with Crippen LogP contribution in [0, 0.1) is 0 Å². The van der Waals surface area contributed by atoms with Crippen molar-refractivity contribution in [2.45, 2.75) is 12.8 Å². The number of rotatable bonds is 3. The summed E-state index contributed by atoms with van der Waals surface area (Å²) in [7, 11) is 0. The Labute approximate surface area is 108 Å². The Morgan fingerprint density at radius 3 is 3.24 bits per heavy atom. The molecule has 17 heavy (non-hydrogen) atoms. The van der Waals surface area contributed by atoms with Gasteiger partial charge in [-0.05, 0) is 34.5 Å². The number of aromatic nitrogens is 1. The predicted molar refractivity (Wildman–Crippen MR) is 69.2 cm³/mol. The topological polar surface area (TPSA) is 42.4 Å². The lowest BCUT2D eigenvalue weighted by atomic mass is 10.2. The molecule has 0 atom stereocenters. The second-order valence-corrected chi connectivity index (χ2v) is 4.49. The molecular weight excluding hydrogens is 284 g/mol. The molecule has 0 saturated heterocycles. The lowest BCUT2D eigenvalue weighted by Crippen LogP contribution is -2.38. The Balaban J connectivity index is 2.24. The van der Waals surface area contributed by atoms with Crippen LogP contribution in [0.2, 0.25) is 0 Å². The molecule has 1 aromatic heterocycles. The van der Waals surface area contributed by atoms with Gasteiger partial charge in [0.2, 0.25) is 5.91 Å². The van der Waals surface area contributed by atoms with Crippen LogP contribution in [0.3, 0.4) is 0 Å². The molecule has 90 valence electrons. The van der Waals surface area contributed by atoms with Crippen molar-refractivity contribution in [1.29, 1.82) is 0 Å². The Bertz CT molecular complexity index is 448.